The fraction of sp³-hybridized carbons (Fsp3) is 0.333. The van der Waals surface area contributed by atoms with Gasteiger partial charge in [-0.15, -0.1) is 0 Å². The van der Waals surface area contributed by atoms with Crippen molar-refractivity contribution in [2.24, 2.45) is 0 Å². The van der Waals surface area contributed by atoms with E-state index in [4.69, 9.17) is 5.11 Å². The van der Waals surface area contributed by atoms with Gasteiger partial charge in [0.05, 0.1) is 24.0 Å². The molecule has 0 aliphatic rings. The van der Waals surface area contributed by atoms with E-state index >= 15 is 0 Å². The Morgan fingerprint density at radius 3 is 2.85 bits per heavy atom. The van der Waals surface area contributed by atoms with E-state index < -0.39 is 11.5 Å². The van der Waals surface area contributed by atoms with Crippen LogP contribution in [0, 0.1) is 0 Å². The normalized spacial score (nSPS) is 11.3. The summed E-state index contributed by atoms with van der Waals surface area (Å²) in [6, 6.07) is 1.59. The maximum absolute atomic E-state index is 11.7. The van der Waals surface area contributed by atoms with Crippen LogP contribution in [0.25, 0.3) is 0 Å². The number of carboxylic acid groups (broad SMARTS) is 1. The van der Waals surface area contributed by atoms with Gasteiger partial charge in [-0.3, -0.25) is 9.48 Å². The van der Waals surface area contributed by atoms with Crippen molar-refractivity contribution in [3.05, 3.63) is 30.4 Å². The Kier molecular flexibility index (Phi) is 3.55. The van der Waals surface area contributed by atoms with Crippen LogP contribution in [-0.2, 0) is 21.5 Å². The molecule has 0 fully saturated rings. The van der Waals surface area contributed by atoms with Gasteiger partial charge in [0.1, 0.15) is 6.26 Å². The SMILES string of the molecule is CC(C)(C(=O)O)n1cc(NC(=O)Cc2ccon2)cn1. The molecule has 2 aromatic heterocycles. The highest BCUT2D eigenvalue weighted by atomic mass is 16.5. The molecule has 2 rings (SSSR count). The molecule has 2 heterocycles. The van der Waals surface area contributed by atoms with E-state index in [1.54, 1.807) is 6.07 Å². The van der Waals surface area contributed by atoms with Gasteiger partial charge in [0.25, 0.3) is 0 Å². The van der Waals surface area contributed by atoms with Gasteiger partial charge in [-0.1, -0.05) is 5.16 Å². The van der Waals surface area contributed by atoms with Crippen LogP contribution >= 0.6 is 0 Å². The van der Waals surface area contributed by atoms with E-state index in [0.29, 0.717) is 11.4 Å². The molecule has 8 heteroatoms. The van der Waals surface area contributed by atoms with Crippen molar-refractivity contribution >= 4 is 17.6 Å². The summed E-state index contributed by atoms with van der Waals surface area (Å²) in [5.41, 5.74) is -0.247. The monoisotopic (exact) mass is 278 g/mol. The lowest BCUT2D eigenvalue weighted by Gasteiger charge is -2.19. The lowest BCUT2D eigenvalue weighted by molar-refractivity contribution is -0.146. The molecule has 0 radical (unpaired) electrons. The highest BCUT2D eigenvalue weighted by molar-refractivity contribution is 5.91. The molecule has 20 heavy (non-hydrogen) atoms. The second kappa shape index (κ2) is 5.16. The van der Waals surface area contributed by atoms with Crippen LogP contribution in [0.2, 0.25) is 0 Å². The number of nitrogens with one attached hydrogen (secondary N) is 1. The third-order valence-corrected chi connectivity index (χ3v) is 2.80. The molecule has 2 N–H and O–H groups in total. The van der Waals surface area contributed by atoms with E-state index in [2.05, 4.69) is 20.1 Å². The van der Waals surface area contributed by atoms with Gasteiger partial charge in [-0.05, 0) is 13.8 Å². The fourth-order valence-corrected chi connectivity index (χ4v) is 1.49. The van der Waals surface area contributed by atoms with E-state index in [1.165, 1.54) is 37.2 Å². The topological polar surface area (TPSA) is 110 Å². The third kappa shape index (κ3) is 2.85. The van der Waals surface area contributed by atoms with Crippen LogP contribution in [0.4, 0.5) is 5.69 Å². The van der Waals surface area contributed by atoms with E-state index in [9.17, 15) is 9.59 Å². The Labute approximate surface area is 114 Å². The number of nitrogens with zero attached hydrogens (tertiary/aromatic N) is 3. The minimum absolute atomic E-state index is 0.0734. The summed E-state index contributed by atoms with van der Waals surface area (Å²) in [6.07, 6.45) is 4.32. The summed E-state index contributed by atoms with van der Waals surface area (Å²) >= 11 is 0. The van der Waals surface area contributed by atoms with Crippen LogP contribution in [-0.4, -0.2) is 31.9 Å². The Balaban J connectivity index is 2.03. The molecule has 0 saturated heterocycles. The first-order valence-corrected chi connectivity index (χ1v) is 5.87. The first-order valence-electron chi connectivity index (χ1n) is 5.87. The van der Waals surface area contributed by atoms with Gasteiger partial charge in [0.15, 0.2) is 5.54 Å². The maximum Gasteiger partial charge on any atom is 0.331 e. The van der Waals surface area contributed by atoms with Crippen LogP contribution in [0.3, 0.4) is 0 Å². The van der Waals surface area contributed by atoms with E-state index in [0.717, 1.165) is 0 Å². The van der Waals surface area contributed by atoms with Crippen LogP contribution in [0.5, 0.6) is 0 Å². The highest BCUT2D eigenvalue weighted by Crippen LogP contribution is 2.17. The highest BCUT2D eigenvalue weighted by Gasteiger charge is 2.30. The number of carbonyl (C=O) groups is 2. The zero-order valence-electron chi connectivity index (χ0n) is 11.0. The van der Waals surface area contributed by atoms with Crippen molar-refractivity contribution in [1.82, 2.24) is 14.9 Å². The summed E-state index contributed by atoms with van der Waals surface area (Å²) < 4.78 is 5.91. The smallest absolute Gasteiger partial charge is 0.331 e. The molecule has 0 aliphatic carbocycles. The largest absolute Gasteiger partial charge is 0.479 e. The number of rotatable bonds is 5. The molecule has 2 aromatic rings. The fourth-order valence-electron chi connectivity index (χ4n) is 1.49. The molecule has 0 aromatic carbocycles. The Bertz CT molecular complexity index is 615. The minimum atomic E-state index is -1.19. The molecule has 0 saturated carbocycles. The van der Waals surface area contributed by atoms with Crippen molar-refractivity contribution < 1.29 is 19.2 Å². The van der Waals surface area contributed by atoms with Gasteiger partial charge in [0, 0.05) is 12.3 Å². The number of anilines is 1. The molecule has 0 bridgehead atoms. The first-order chi connectivity index (χ1) is 9.39. The molecule has 1 amide bonds. The molecule has 0 unspecified atom stereocenters. The van der Waals surface area contributed by atoms with Crippen LogP contribution in [0.15, 0.2) is 29.2 Å². The van der Waals surface area contributed by atoms with Crippen LogP contribution in [0.1, 0.15) is 19.5 Å². The van der Waals surface area contributed by atoms with Crippen molar-refractivity contribution in [2.45, 2.75) is 25.8 Å². The predicted molar refractivity (Wildman–Crippen MR) is 68.0 cm³/mol. The number of aliphatic carboxylic acids is 1. The number of hydrogen-bond acceptors (Lipinski definition) is 5. The number of amides is 1. The van der Waals surface area contributed by atoms with E-state index in [-0.39, 0.29) is 12.3 Å². The summed E-state index contributed by atoms with van der Waals surface area (Å²) in [5.74, 6) is -1.30. The van der Waals surface area contributed by atoms with Crippen molar-refractivity contribution in [3.8, 4) is 0 Å². The molecule has 8 nitrogen and oxygen atoms in total. The van der Waals surface area contributed by atoms with Gasteiger partial charge < -0.3 is 14.9 Å². The van der Waals surface area contributed by atoms with Gasteiger partial charge in [-0.25, -0.2) is 4.79 Å². The zero-order valence-corrected chi connectivity index (χ0v) is 11.0. The molecule has 0 atom stereocenters. The Morgan fingerprint density at radius 1 is 1.50 bits per heavy atom. The Morgan fingerprint density at radius 2 is 2.25 bits per heavy atom. The van der Waals surface area contributed by atoms with E-state index in [1.807, 2.05) is 0 Å². The maximum atomic E-state index is 11.7. The van der Waals surface area contributed by atoms with Gasteiger partial charge in [-0.2, -0.15) is 5.10 Å². The molecule has 106 valence electrons. The van der Waals surface area contributed by atoms with Crippen LogP contribution < -0.4 is 5.32 Å². The summed E-state index contributed by atoms with van der Waals surface area (Å²) in [5, 5.41) is 19.3. The summed E-state index contributed by atoms with van der Waals surface area (Å²) in [6.45, 7) is 3.03. The van der Waals surface area contributed by atoms with Gasteiger partial charge >= 0.3 is 5.97 Å². The Hall–Kier alpha value is -2.64. The third-order valence-electron chi connectivity index (χ3n) is 2.80. The van der Waals surface area contributed by atoms with Crippen molar-refractivity contribution in [3.63, 3.8) is 0 Å². The molecular weight excluding hydrogens is 264 g/mol. The number of carboxylic acids is 1. The first kappa shape index (κ1) is 13.8. The average Bonchev–Trinajstić information content (AvgIpc) is 3.00. The zero-order chi connectivity index (χ0) is 14.8. The molecular formula is C12H14N4O4. The van der Waals surface area contributed by atoms with Gasteiger partial charge in [0.2, 0.25) is 5.91 Å². The van der Waals surface area contributed by atoms with Crippen molar-refractivity contribution in [2.75, 3.05) is 5.32 Å². The minimum Gasteiger partial charge on any atom is -0.479 e. The summed E-state index contributed by atoms with van der Waals surface area (Å²) in [4.78, 5) is 22.8. The number of carbonyl (C=O) groups excluding carboxylic acids is 1. The number of aromatic nitrogens is 3. The predicted octanol–water partition coefficient (Wildman–Crippen LogP) is 0.872. The lowest BCUT2D eigenvalue weighted by Crippen LogP contribution is -2.35. The second-order valence-corrected chi connectivity index (χ2v) is 4.75. The van der Waals surface area contributed by atoms with Crippen molar-refractivity contribution in [1.29, 1.82) is 0 Å². The average molecular weight is 278 g/mol. The summed E-state index contributed by atoms with van der Waals surface area (Å²) in [7, 11) is 0. The second-order valence-electron chi connectivity index (χ2n) is 4.75. The molecule has 0 aliphatic heterocycles. The number of hydrogen-bond donors (Lipinski definition) is 2. The standard InChI is InChI=1S/C12H14N4O4/c1-12(2,11(18)19)16-7-9(6-13-16)14-10(17)5-8-3-4-20-15-8/h3-4,6-7H,5H2,1-2H3,(H,14,17)(H,18,19). The molecule has 0 spiro atoms. The lowest BCUT2D eigenvalue weighted by atomic mass is 10.1. The quantitative estimate of drug-likeness (QED) is 0.839.